The Hall–Kier alpha value is -2.74. The van der Waals surface area contributed by atoms with Crippen LogP contribution in [0, 0.1) is 11.3 Å². The van der Waals surface area contributed by atoms with E-state index in [2.05, 4.69) is 11.4 Å². The van der Waals surface area contributed by atoms with Gasteiger partial charge >= 0.3 is 5.97 Å². The highest BCUT2D eigenvalue weighted by Gasteiger charge is 2.34. The molecule has 1 heterocycles. The van der Waals surface area contributed by atoms with Crippen molar-refractivity contribution < 1.29 is 9.53 Å². The molecule has 3 N–H and O–H groups in total. The maximum atomic E-state index is 12.3. The second-order valence-corrected chi connectivity index (χ2v) is 4.67. The number of rotatable bonds is 3. The average molecular weight is 283 g/mol. The van der Waals surface area contributed by atoms with Gasteiger partial charge in [-0.15, -0.1) is 0 Å². The molecule has 1 aromatic rings. The molecule has 0 radical (unpaired) electrons. The number of dihydropyridines is 1. The summed E-state index contributed by atoms with van der Waals surface area (Å²) in [4.78, 5) is 12.3. The number of nitrogens with two attached hydrogens (primary N) is 1. The second-order valence-electron chi connectivity index (χ2n) is 4.67. The van der Waals surface area contributed by atoms with Crippen molar-refractivity contribution in [2.45, 2.75) is 19.8 Å². The van der Waals surface area contributed by atoms with E-state index in [1.165, 1.54) is 0 Å². The van der Waals surface area contributed by atoms with E-state index in [0.29, 0.717) is 16.8 Å². The lowest BCUT2D eigenvalue weighted by Crippen LogP contribution is -2.32. The number of esters is 1. The van der Waals surface area contributed by atoms with E-state index < -0.39 is 11.9 Å². The minimum absolute atomic E-state index is 0.275. The van der Waals surface area contributed by atoms with Crippen LogP contribution in [0.1, 0.15) is 25.3 Å². The van der Waals surface area contributed by atoms with E-state index in [9.17, 15) is 10.1 Å². The summed E-state index contributed by atoms with van der Waals surface area (Å²) in [5.74, 6) is -0.662. The van der Waals surface area contributed by atoms with Gasteiger partial charge in [-0.1, -0.05) is 30.3 Å². The smallest absolute Gasteiger partial charge is 0.336 e. The molecule has 2 rings (SSSR count). The number of nitriles is 1. The van der Waals surface area contributed by atoms with Crippen molar-refractivity contribution in [3.8, 4) is 6.07 Å². The summed E-state index contributed by atoms with van der Waals surface area (Å²) in [5, 5.41) is 12.3. The first-order chi connectivity index (χ1) is 10.1. The Balaban J connectivity index is 2.58. The molecule has 0 amide bonds. The van der Waals surface area contributed by atoms with E-state index in [4.69, 9.17) is 10.5 Å². The molecule has 108 valence electrons. The lowest BCUT2D eigenvalue weighted by Gasteiger charge is -2.27. The number of benzene rings is 1. The number of nitrogens with zero attached hydrogens (tertiary/aromatic N) is 1. The molecular weight excluding hydrogens is 266 g/mol. The third kappa shape index (κ3) is 2.75. The monoisotopic (exact) mass is 283 g/mol. The molecular formula is C16H17N3O2. The minimum atomic E-state index is -0.503. The van der Waals surface area contributed by atoms with Crippen LogP contribution in [-0.2, 0) is 9.53 Å². The van der Waals surface area contributed by atoms with Crippen molar-refractivity contribution >= 4 is 5.97 Å². The molecule has 0 saturated carbocycles. The van der Waals surface area contributed by atoms with Gasteiger partial charge in [0.2, 0.25) is 0 Å². The van der Waals surface area contributed by atoms with Crippen LogP contribution >= 0.6 is 0 Å². The zero-order chi connectivity index (χ0) is 15.4. The molecule has 1 aliphatic heterocycles. The molecule has 1 atom stereocenters. The molecule has 5 heteroatoms. The van der Waals surface area contributed by atoms with Gasteiger partial charge in [0.15, 0.2) is 0 Å². The SMILES string of the molecule is CCOC(=O)C1=C(C)NC(N)=C(C#N)C1c1ccccc1. The maximum absolute atomic E-state index is 12.3. The van der Waals surface area contributed by atoms with Crippen LogP contribution < -0.4 is 11.1 Å². The van der Waals surface area contributed by atoms with Crippen molar-refractivity contribution in [3.63, 3.8) is 0 Å². The van der Waals surface area contributed by atoms with Gasteiger partial charge in [0.25, 0.3) is 0 Å². The van der Waals surface area contributed by atoms with Crippen LogP contribution in [0.3, 0.4) is 0 Å². The fraction of sp³-hybridized carbons (Fsp3) is 0.250. The molecule has 0 aromatic heterocycles. The van der Waals surface area contributed by atoms with Crippen LogP contribution in [0.2, 0.25) is 0 Å². The highest BCUT2D eigenvalue weighted by atomic mass is 16.5. The lowest BCUT2D eigenvalue weighted by atomic mass is 9.82. The van der Waals surface area contributed by atoms with E-state index in [1.807, 2.05) is 30.3 Å². The summed E-state index contributed by atoms with van der Waals surface area (Å²) in [7, 11) is 0. The molecule has 0 spiro atoms. The van der Waals surface area contributed by atoms with Gasteiger partial charge in [0.05, 0.1) is 29.7 Å². The number of carbonyl (C=O) groups excluding carboxylic acids is 1. The van der Waals surface area contributed by atoms with Gasteiger partial charge < -0.3 is 15.8 Å². The quantitative estimate of drug-likeness (QED) is 0.827. The number of nitrogens with one attached hydrogen (secondary N) is 1. The van der Waals surface area contributed by atoms with E-state index in [1.54, 1.807) is 13.8 Å². The van der Waals surface area contributed by atoms with Gasteiger partial charge in [-0.3, -0.25) is 0 Å². The Labute approximate surface area is 123 Å². The fourth-order valence-corrected chi connectivity index (χ4v) is 2.44. The lowest BCUT2D eigenvalue weighted by molar-refractivity contribution is -0.138. The minimum Gasteiger partial charge on any atom is -0.463 e. The molecule has 1 unspecified atom stereocenters. The summed E-state index contributed by atoms with van der Waals surface area (Å²) in [6.07, 6.45) is 0. The van der Waals surface area contributed by atoms with Crippen LogP contribution in [0.25, 0.3) is 0 Å². The molecule has 0 aliphatic carbocycles. The largest absolute Gasteiger partial charge is 0.463 e. The van der Waals surface area contributed by atoms with Crippen molar-refractivity contribution in [1.29, 1.82) is 5.26 Å². The third-order valence-electron chi connectivity index (χ3n) is 3.34. The predicted molar refractivity (Wildman–Crippen MR) is 78.5 cm³/mol. The van der Waals surface area contributed by atoms with Crippen molar-refractivity contribution in [2.75, 3.05) is 6.61 Å². The number of ether oxygens (including phenoxy) is 1. The second kappa shape index (κ2) is 6.14. The summed E-state index contributed by atoms with van der Waals surface area (Å²) >= 11 is 0. The summed E-state index contributed by atoms with van der Waals surface area (Å²) in [5.41, 5.74) is 8.10. The normalized spacial score (nSPS) is 18.0. The maximum Gasteiger partial charge on any atom is 0.336 e. The molecule has 21 heavy (non-hydrogen) atoms. The first-order valence-electron chi connectivity index (χ1n) is 6.69. The number of hydrogen-bond acceptors (Lipinski definition) is 5. The first kappa shape index (κ1) is 14.7. The summed E-state index contributed by atoms with van der Waals surface area (Å²) in [6.45, 7) is 3.78. The highest BCUT2D eigenvalue weighted by Crippen LogP contribution is 2.37. The first-order valence-corrected chi connectivity index (χ1v) is 6.69. The van der Waals surface area contributed by atoms with Gasteiger partial charge in [-0.25, -0.2) is 4.79 Å². The molecule has 1 aliphatic rings. The number of carbonyl (C=O) groups is 1. The van der Waals surface area contributed by atoms with E-state index >= 15 is 0 Å². The van der Waals surface area contributed by atoms with Crippen LogP contribution in [0.5, 0.6) is 0 Å². The molecule has 0 bridgehead atoms. The number of hydrogen-bond donors (Lipinski definition) is 2. The van der Waals surface area contributed by atoms with Crippen LogP contribution in [0.15, 0.2) is 53.0 Å². The zero-order valence-corrected chi connectivity index (χ0v) is 12.0. The Morgan fingerprint density at radius 2 is 2.10 bits per heavy atom. The Bertz CT molecular complexity index is 654. The Kier molecular flexibility index (Phi) is 4.29. The van der Waals surface area contributed by atoms with Crippen molar-refractivity contribution in [2.24, 2.45) is 5.73 Å². The molecule has 1 aromatic carbocycles. The molecule has 0 fully saturated rings. The number of allylic oxidation sites excluding steroid dienone is 2. The average Bonchev–Trinajstić information content (AvgIpc) is 2.47. The highest BCUT2D eigenvalue weighted by molar-refractivity contribution is 5.93. The standard InChI is InChI=1S/C16H17N3O2/c1-3-21-16(20)13-10(2)19-15(18)12(9-17)14(13)11-7-5-4-6-8-11/h4-8,14,19H,3,18H2,1-2H3. The Morgan fingerprint density at radius 1 is 1.43 bits per heavy atom. The van der Waals surface area contributed by atoms with Crippen LogP contribution in [0.4, 0.5) is 0 Å². The van der Waals surface area contributed by atoms with Gasteiger partial charge in [-0.2, -0.15) is 5.26 Å². The molecule has 0 saturated heterocycles. The van der Waals surface area contributed by atoms with Gasteiger partial charge in [0, 0.05) is 5.70 Å². The van der Waals surface area contributed by atoms with Crippen molar-refractivity contribution in [1.82, 2.24) is 5.32 Å². The van der Waals surface area contributed by atoms with E-state index in [0.717, 1.165) is 5.56 Å². The van der Waals surface area contributed by atoms with Gasteiger partial charge in [0.1, 0.15) is 5.82 Å². The van der Waals surface area contributed by atoms with Crippen LogP contribution in [-0.4, -0.2) is 12.6 Å². The van der Waals surface area contributed by atoms with E-state index in [-0.39, 0.29) is 12.4 Å². The van der Waals surface area contributed by atoms with Gasteiger partial charge in [-0.05, 0) is 19.4 Å². The predicted octanol–water partition coefficient (Wildman–Crippen LogP) is 1.90. The van der Waals surface area contributed by atoms with Crippen molar-refractivity contribution in [3.05, 3.63) is 58.6 Å². The fourth-order valence-electron chi connectivity index (χ4n) is 2.44. The topological polar surface area (TPSA) is 88.1 Å². The summed E-state index contributed by atoms with van der Waals surface area (Å²) < 4.78 is 5.12. The third-order valence-corrected chi connectivity index (χ3v) is 3.34. The molecule has 5 nitrogen and oxygen atoms in total. The zero-order valence-electron chi connectivity index (χ0n) is 12.0. The summed E-state index contributed by atoms with van der Waals surface area (Å²) in [6, 6.07) is 11.4. The Morgan fingerprint density at radius 3 is 2.67 bits per heavy atom.